The van der Waals surface area contributed by atoms with Gasteiger partial charge in [-0.05, 0) is 60.0 Å². The standard InChI is InChI=1S/C25H21BrN2O4/c1-15-12-19(32-2)9-10-20(15)23(29)21-22(17-5-7-18(26)8-6-17)28(25(31)24(21)30)14-16-4-3-11-27-13-16/h3-13,22,29H,14H2,1-2H3/b23-21+. The van der Waals surface area contributed by atoms with Crippen molar-refractivity contribution in [1.29, 1.82) is 0 Å². The average molecular weight is 493 g/mol. The van der Waals surface area contributed by atoms with E-state index in [2.05, 4.69) is 20.9 Å². The smallest absolute Gasteiger partial charge is 0.295 e. The Morgan fingerprint density at radius 1 is 1.16 bits per heavy atom. The van der Waals surface area contributed by atoms with Gasteiger partial charge in [0, 0.05) is 29.0 Å². The summed E-state index contributed by atoms with van der Waals surface area (Å²) in [5, 5.41) is 11.2. The molecule has 2 heterocycles. The van der Waals surface area contributed by atoms with Crippen molar-refractivity contribution in [2.45, 2.75) is 19.5 Å². The van der Waals surface area contributed by atoms with Crippen molar-refractivity contribution in [2.75, 3.05) is 7.11 Å². The monoisotopic (exact) mass is 492 g/mol. The third-order valence-electron chi connectivity index (χ3n) is 5.49. The molecule has 0 radical (unpaired) electrons. The summed E-state index contributed by atoms with van der Waals surface area (Å²) in [6.45, 7) is 2.01. The van der Waals surface area contributed by atoms with Crippen LogP contribution in [0, 0.1) is 6.92 Å². The molecule has 2 aromatic carbocycles. The van der Waals surface area contributed by atoms with Crippen LogP contribution in [0.1, 0.15) is 28.3 Å². The number of hydrogen-bond acceptors (Lipinski definition) is 5. The van der Waals surface area contributed by atoms with Gasteiger partial charge in [0.1, 0.15) is 11.5 Å². The quantitative estimate of drug-likeness (QED) is 0.314. The Kier molecular flexibility index (Phi) is 6.10. The van der Waals surface area contributed by atoms with Crippen LogP contribution in [-0.2, 0) is 16.1 Å². The molecular weight excluding hydrogens is 472 g/mol. The molecule has 1 fully saturated rings. The minimum absolute atomic E-state index is 0.0643. The van der Waals surface area contributed by atoms with Crippen LogP contribution in [0.3, 0.4) is 0 Å². The van der Waals surface area contributed by atoms with Crippen LogP contribution in [0.2, 0.25) is 0 Å². The van der Waals surface area contributed by atoms with Crippen LogP contribution < -0.4 is 4.74 Å². The number of ketones is 1. The number of carbonyl (C=O) groups is 2. The SMILES string of the molecule is COc1ccc(/C(O)=C2\C(=O)C(=O)N(Cc3cccnc3)C2c2ccc(Br)cc2)c(C)c1. The molecule has 1 unspecified atom stereocenters. The van der Waals surface area contributed by atoms with Gasteiger partial charge in [-0.2, -0.15) is 0 Å². The molecule has 1 N–H and O–H groups in total. The van der Waals surface area contributed by atoms with E-state index < -0.39 is 17.7 Å². The van der Waals surface area contributed by atoms with Crippen molar-refractivity contribution in [1.82, 2.24) is 9.88 Å². The molecule has 1 aliphatic rings. The first-order valence-electron chi connectivity index (χ1n) is 9.98. The first kappa shape index (κ1) is 21.8. The van der Waals surface area contributed by atoms with Gasteiger partial charge in [-0.25, -0.2) is 0 Å². The number of aromatic nitrogens is 1. The third-order valence-corrected chi connectivity index (χ3v) is 6.02. The maximum absolute atomic E-state index is 13.1. The Morgan fingerprint density at radius 2 is 1.91 bits per heavy atom. The van der Waals surface area contributed by atoms with E-state index in [0.717, 1.165) is 21.2 Å². The number of nitrogens with zero attached hydrogens (tertiary/aromatic N) is 2. The zero-order chi connectivity index (χ0) is 22.8. The van der Waals surface area contributed by atoms with Crippen LogP contribution in [-0.4, -0.2) is 33.8 Å². The van der Waals surface area contributed by atoms with Crippen molar-refractivity contribution in [3.63, 3.8) is 0 Å². The second-order valence-corrected chi connectivity index (χ2v) is 8.44. The number of halogens is 1. The summed E-state index contributed by atoms with van der Waals surface area (Å²) in [4.78, 5) is 31.8. The largest absolute Gasteiger partial charge is 0.507 e. The van der Waals surface area contributed by atoms with E-state index in [1.807, 2.05) is 37.3 Å². The van der Waals surface area contributed by atoms with Crippen molar-refractivity contribution in [3.05, 3.63) is 99.3 Å². The van der Waals surface area contributed by atoms with Crippen LogP contribution in [0.4, 0.5) is 0 Å². The molecule has 1 aromatic heterocycles. The highest BCUT2D eigenvalue weighted by molar-refractivity contribution is 9.10. The molecule has 0 saturated carbocycles. The summed E-state index contributed by atoms with van der Waals surface area (Å²) in [7, 11) is 1.56. The second-order valence-electron chi connectivity index (χ2n) is 7.52. The number of likely N-dealkylation sites (tertiary alicyclic amines) is 1. The van der Waals surface area contributed by atoms with Crippen LogP contribution >= 0.6 is 15.9 Å². The summed E-state index contributed by atoms with van der Waals surface area (Å²) in [5.74, 6) is -0.935. The third kappa shape index (κ3) is 4.03. The first-order chi connectivity index (χ1) is 15.4. The number of amides is 1. The zero-order valence-electron chi connectivity index (χ0n) is 17.6. The summed E-state index contributed by atoms with van der Waals surface area (Å²) in [5.41, 5.74) is 2.79. The highest BCUT2D eigenvalue weighted by atomic mass is 79.9. The Morgan fingerprint density at radius 3 is 2.53 bits per heavy atom. The number of Topliss-reactive ketones (excluding diaryl/α,β-unsaturated/α-hetero) is 1. The van der Waals surface area contributed by atoms with Crippen LogP contribution in [0.5, 0.6) is 5.75 Å². The first-order valence-corrected chi connectivity index (χ1v) is 10.8. The molecular formula is C25H21BrN2O4. The minimum atomic E-state index is -0.732. The highest BCUT2D eigenvalue weighted by Crippen LogP contribution is 2.41. The number of rotatable bonds is 5. The van der Waals surface area contributed by atoms with Gasteiger partial charge < -0.3 is 14.7 Å². The van der Waals surface area contributed by atoms with Crippen LogP contribution in [0.25, 0.3) is 5.76 Å². The number of pyridine rings is 1. The number of aliphatic hydroxyl groups excluding tert-OH is 1. The lowest BCUT2D eigenvalue weighted by atomic mass is 9.94. The number of methoxy groups -OCH3 is 1. The minimum Gasteiger partial charge on any atom is -0.507 e. The average Bonchev–Trinajstić information content (AvgIpc) is 3.04. The molecule has 7 heteroatoms. The Hall–Kier alpha value is -3.45. The molecule has 0 aliphatic carbocycles. The molecule has 3 aromatic rings. The van der Waals surface area contributed by atoms with Gasteiger partial charge in [0.15, 0.2) is 0 Å². The maximum Gasteiger partial charge on any atom is 0.295 e. The fourth-order valence-electron chi connectivity index (χ4n) is 3.90. The lowest BCUT2D eigenvalue weighted by Crippen LogP contribution is -2.29. The van der Waals surface area contributed by atoms with Crippen molar-refractivity contribution < 1.29 is 19.4 Å². The normalized spacial score (nSPS) is 17.6. The van der Waals surface area contributed by atoms with Crippen molar-refractivity contribution in [2.24, 2.45) is 0 Å². The van der Waals surface area contributed by atoms with Gasteiger partial charge >= 0.3 is 0 Å². The number of aliphatic hydroxyl groups is 1. The molecule has 1 atom stereocenters. The topological polar surface area (TPSA) is 79.7 Å². The molecule has 1 aliphatic heterocycles. The van der Waals surface area contributed by atoms with Gasteiger partial charge in [0.2, 0.25) is 0 Å². The van der Waals surface area contributed by atoms with E-state index in [1.165, 1.54) is 4.90 Å². The summed E-state index contributed by atoms with van der Waals surface area (Å²) in [6, 6.07) is 15.4. The van der Waals surface area contributed by atoms with Gasteiger partial charge in [-0.1, -0.05) is 34.1 Å². The van der Waals surface area contributed by atoms with E-state index in [0.29, 0.717) is 11.3 Å². The Labute approximate surface area is 194 Å². The fraction of sp³-hybridized carbons (Fsp3) is 0.160. The van der Waals surface area contributed by atoms with Gasteiger partial charge in [-0.15, -0.1) is 0 Å². The summed E-state index contributed by atoms with van der Waals surface area (Å²) >= 11 is 3.42. The predicted octanol–water partition coefficient (Wildman–Crippen LogP) is 4.78. The molecule has 0 spiro atoms. The van der Waals surface area contributed by atoms with Gasteiger partial charge in [0.05, 0.1) is 18.7 Å². The number of aryl methyl sites for hydroxylation is 1. The molecule has 1 saturated heterocycles. The highest BCUT2D eigenvalue weighted by Gasteiger charge is 2.46. The summed E-state index contributed by atoms with van der Waals surface area (Å²) < 4.78 is 6.11. The number of ether oxygens (including phenoxy) is 1. The van der Waals surface area contributed by atoms with Crippen molar-refractivity contribution in [3.8, 4) is 5.75 Å². The lowest BCUT2D eigenvalue weighted by Gasteiger charge is -2.25. The van der Waals surface area contributed by atoms with Gasteiger partial charge in [0.25, 0.3) is 11.7 Å². The van der Waals surface area contributed by atoms with E-state index in [-0.39, 0.29) is 17.9 Å². The molecule has 4 rings (SSSR count). The van der Waals surface area contributed by atoms with E-state index in [1.54, 1.807) is 43.8 Å². The van der Waals surface area contributed by atoms with Crippen molar-refractivity contribution >= 4 is 33.4 Å². The van der Waals surface area contributed by atoms with Gasteiger partial charge in [-0.3, -0.25) is 14.6 Å². The zero-order valence-corrected chi connectivity index (χ0v) is 19.2. The molecule has 1 amide bonds. The predicted molar refractivity (Wildman–Crippen MR) is 124 cm³/mol. The van der Waals surface area contributed by atoms with E-state index in [9.17, 15) is 14.7 Å². The second kappa shape index (κ2) is 8.96. The maximum atomic E-state index is 13.1. The Balaban J connectivity index is 1.87. The number of benzene rings is 2. The lowest BCUT2D eigenvalue weighted by molar-refractivity contribution is -0.140. The summed E-state index contributed by atoms with van der Waals surface area (Å²) in [6.07, 6.45) is 3.31. The molecule has 162 valence electrons. The molecule has 6 nitrogen and oxygen atoms in total. The van der Waals surface area contributed by atoms with Crippen LogP contribution in [0.15, 0.2) is 77.0 Å². The van der Waals surface area contributed by atoms with E-state index in [4.69, 9.17) is 4.74 Å². The molecule has 32 heavy (non-hydrogen) atoms. The number of carbonyl (C=O) groups excluding carboxylic acids is 2. The fourth-order valence-corrected chi connectivity index (χ4v) is 4.16. The number of hydrogen-bond donors (Lipinski definition) is 1. The Bertz CT molecular complexity index is 1210. The molecule has 0 bridgehead atoms. The van der Waals surface area contributed by atoms with E-state index >= 15 is 0 Å².